The third-order valence-corrected chi connectivity index (χ3v) is 5.90. The normalized spacial score (nSPS) is 14.6. The Balaban J connectivity index is 1.56. The summed E-state index contributed by atoms with van der Waals surface area (Å²) in [6.07, 6.45) is 1.68. The van der Waals surface area contributed by atoms with Crippen LogP contribution in [0.25, 0.3) is 6.08 Å². The molecule has 1 aliphatic rings. The number of aliphatic imine (C=N–C) groups is 1. The second-order valence-electron chi connectivity index (χ2n) is 6.40. The van der Waals surface area contributed by atoms with Gasteiger partial charge in [-0.25, -0.2) is 14.2 Å². The molecule has 7 heteroatoms. The smallest absolute Gasteiger partial charge is 0.363 e. The molecule has 0 aliphatic carbocycles. The van der Waals surface area contributed by atoms with E-state index in [4.69, 9.17) is 9.47 Å². The Morgan fingerprint density at radius 2 is 1.67 bits per heavy atom. The van der Waals surface area contributed by atoms with E-state index >= 15 is 0 Å². The summed E-state index contributed by atoms with van der Waals surface area (Å²) in [6, 6.07) is 19.6. The summed E-state index contributed by atoms with van der Waals surface area (Å²) in [5.41, 5.74) is 2.27. The lowest BCUT2D eigenvalue weighted by molar-refractivity contribution is -0.129. The van der Waals surface area contributed by atoms with E-state index in [2.05, 4.69) is 50.2 Å². The van der Waals surface area contributed by atoms with Gasteiger partial charge >= 0.3 is 5.97 Å². The minimum Gasteiger partial charge on any atom is -0.487 e. The predicted octanol–water partition coefficient (Wildman–Crippen LogP) is 5.96. The number of carbonyl (C=O) groups excluding carboxylic acids is 1. The van der Waals surface area contributed by atoms with Crippen LogP contribution in [0.15, 0.2) is 77.4 Å². The molecule has 0 aromatic heterocycles. The first-order chi connectivity index (χ1) is 14.5. The third kappa shape index (κ3) is 4.72. The fourth-order valence-electron chi connectivity index (χ4n) is 2.84. The molecule has 4 rings (SSSR count). The van der Waals surface area contributed by atoms with Gasteiger partial charge in [-0.2, -0.15) is 0 Å². The van der Waals surface area contributed by atoms with E-state index in [0.717, 1.165) is 18.3 Å². The van der Waals surface area contributed by atoms with Gasteiger partial charge in [0.05, 0.1) is 7.14 Å². The van der Waals surface area contributed by atoms with Gasteiger partial charge in [0.2, 0.25) is 5.90 Å². The van der Waals surface area contributed by atoms with Crippen LogP contribution in [0, 0.1) is 13.0 Å². The minimum absolute atomic E-state index is 0.135. The molecule has 3 aromatic rings. The number of benzene rings is 3. The van der Waals surface area contributed by atoms with Crippen LogP contribution in [0.1, 0.15) is 16.7 Å². The van der Waals surface area contributed by atoms with Crippen molar-refractivity contribution in [3.63, 3.8) is 0 Å². The van der Waals surface area contributed by atoms with Crippen LogP contribution in [0.4, 0.5) is 4.39 Å². The zero-order valence-electron chi connectivity index (χ0n) is 15.4. The van der Waals surface area contributed by atoms with Crippen LogP contribution in [0.3, 0.4) is 0 Å². The summed E-state index contributed by atoms with van der Waals surface area (Å²) in [6.45, 7) is 0.135. The van der Waals surface area contributed by atoms with Crippen LogP contribution < -0.4 is 4.74 Å². The third-order valence-electron chi connectivity index (χ3n) is 4.30. The first-order valence-corrected chi connectivity index (χ1v) is 11.1. The van der Waals surface area contributed by atoms with Gasteiger partial charge in [0.1, 0.15) is 18.2 Å². The highest BCUT2D eigenvalue weighted by Gasteiger charge is 2.24. The first-order valence-electron chi connectivity index (χ1n) is 8.94. The number of hydrogen-bond donors (Lipinski definition) is 0. The maximum atomic E-state index is 13.8. The summed E-state index contributed by atoms with van der Waals surface area (Å²) in [5.74, 6) is 0.180. The first kappa shape index (κ1) is 21.0. The van der Waals surface area contributed by atoms with E-state index in [1.165, 1.54) is 6.07 Å². The molecule has 0 unspecified atom stereocenters. The van der Waals surface area contributed by atoms with Crippen molar-refractivity contribution in [3.05, 3.63) is 102 Å². The quantitative estimate of drug-likeness (QED) is 0.200. The number of nitrogens with zero attached hydrogens (tertiary/aromatic N) is 1. The lowest BCUT2D eigenvalue weighted by atomic mass is 10.2. The van der Waals surface area contributed by atoms with Gasteiger partial charge in [-0.15, -0.1) is 0 Å². The highest BCUT2D eigenvalue weighted by atomic mass is 127. The molecule has 0 saturated carbocycles. The van der Waals surface area contributed by atoms with Gasteiger partial charge < -0.3 is 9.47 Å². The molecule has 0 N–H and O–H groups in total. The maximum Gasteiger partial charge on any atom is 0.363 e. The van der Waals surface area contributed by atoms with Crippen molar-refractivity contribution in [2.75, 3.05) is 0 Å². The van der Waals surface area contributed by atoms with E-state index in [0.29, 0.717) is 17.2 Å². The molecular formula is C23H14FI2NO3. The largest absolute Gasteiger partial charge is 0.487 e. The van der Waals surface area contributed by atoms with E-state index in [1.807, 2.05) is 42.5 Å². The van der Waals surface area contributed by atoms with Crippen LogP contribution in [-0.2, 0) is 16.1 Å². The maximum absolute atomic E-state index is 13.8. The van der Waals surface area contributed by atoms with Gasteiger partial charge in [-0.3, -0.25) is 0 Å². The number of esters is 1. The van der Waals surface area contributed by atoms with Crippen LogP contribution in [-0.4, -0.2) is 11.9 Å². The van der Waals surface area contributed by atoms with E-state index in [-0.39, 0.29) is 18.1 Å². The zero-order chi connectivity index (χ0) is 21.1. The SMILES string of the molecule is O=C1OC(c2ccccc2)=N/C1=C\c1cc(I)c(OCc2ccccc2F)c(I)c1. The van der Waals surface area contributed by atoms with Crippen LogP contribution in [0.2, 0.25) is 0 Å². The molecule has 0 radical (unpaired) electrons. The lowest BCUT2D eigenvalue weighted by Crippen LogP contribution is -2.05. The van der Waals surface area contributed by atoms with Crippen molar-refractivity contribution in [3.8, 4) is 5.75 Å². The highest BCUT2D eigenvalue weighted by Crippen LogP contribution is 2.31. The Hall–Kier alpha value is -2.27. The molecular weight excluding hydrogens is 611 g/mol. The predicted molar refractivity (Wildman–Crippen MR) is 130 cm³/mol. The Labute approximate surface area is 200 Å². The number of hydrogen-bond acceptors (Lipinski definition) is 4. The molecule has 0 fully saturated rings. The van der Waals surface area contributed by atoms with Gasteiger partial charge in [0, 0.05) is 11.1 Å². The van der Waals surface area contributed by atoms with Crippen molar-refractivity contribution in [2.24, 2.45) is 4.99 Å². The van der Waals surface area contributed by atoms with E-state index in [9.17, 15) is 9.18 Å². The average molecular weight is 625 g/mol. The Morgan fingerprint density at radius 1 is 1.00 bits per heavy atom. The van der Waals surface area contributed by atoms with Gasteiger partial charge in [0.25, 0.3) is 0 Å². The summed E-state index contributed by atoms with van der Waals surface area (Å²) in [5, 5.41) is 0. The Kier molecular flexibility index (Phi) is 6.47. The average Bonchev–Trinajstić information content (AvgIpc) is 3.09. The van der Waals surface area contributed by atoms with E-state index in [1.54, 1.807) is 24.3 Å². The van der Waals surface area contributed by atoms with Crippen LogP contribution >= 0.6 is 45.2 Å². The molecule has 0 atom stereocenters. The molecule has 150 valence electrons. The van der Waals surface area contributed by atoms with Crippen molar-refractivity contribution in [2.45, 2.75) is 6.61 Å². The van der Waals surface area contributed by atoms with Crippen molar-refractivity contribution in [1.82, 2.24) is 0 Å². The molecule has 0 bridgehead atoms. The highest BCUT2D eigenvalue weighted by molar-refractivity contribution is 14.1. The van der Waals surface area contributed by atoms with Gasteiger partial charge in [0.15, 0.2) is 5.70 Å². The summed E-state index contributed by atoms with van der Waals surface area (Å²) in [4.78, 5) is 16.6. The standard InChI is InChI=1S/C23H14FI2NO3/c24-17-9-5-4-8-16(17)13-29-21-18(25)10-14(11-19(21)26)12-20-23(28)30-22(27-20)15-6-2-1-3-7-15/h1-12H,13H2/b20-12-. The molecule has 1 aliphatic heterocycles. The number of ether oxygens (including phenoxy) is 2. The summed E-state index contributed by atoms with van der Waals surface area (Å²) >= 11 is 4.33. The Morgan fingerprint density at radius 3 is 2.37 bits per heavy atom. The molecule has 0 amide bonds. The number of halogens is 3. The minimum atomic E-state index is -0.487. The Bertz CT molecular complexity index is 1150. The van der Waals surface area contributed by atoms with Gasteiger partial charge in [-0.05, 0) is 87.2 Å². The second-order valence-corrected chi connectivity index (χ2v) is 8.72. The van der Waals surface area contributed by atoms with Crippen molar-refractivity contribution in [1.29, 1.82) is 0 Å². The number of carbonyl (C=O) groups is 1. The van der Waals surface area contributed by atoms with Crippen LogP contribution in [0.5, 0.6) is 5.75 Å². The lowest BCUT2D eigenvalue weighted by Gasteiger charge is -2.12. The molecule has 0 spiro atoms. The number of rotatable bonds is 5. The summed E-state index contributed by atoms with van der Waals surface area (Å²) < 4.78 is 26.7. The van der Waals surface area contributed by atoms with Crippen molar-refractivity contribution < 1.29 is 18.7 Å². The molecule has 4 nitrogen and oxygen atoms in total. The van der Waals surface area contributed by atoms with E-state index < -0.39 is 5.97 Å². The van der Waals surface area contributed by atoms with Gasteiger partial charge in [-0.1, -0.05) is 36.4 Å². The monoisotopic (exact) mass is 625 g/mol. The fraction of sp³-hybridized carbons (Fsp3) is 0.0435. The zero-order valence-corrected chi connectivity index (χ0v) is 19.8. The number of cyclic esters (lactones) is 1. The topological polar surface area (TPSA) is 47.9 Å². The van der Waals surface area contributed by atoms with Crippen molar-refractivity contribution >= 4 is 63.1 Å². The molecule has 30 heavy (non-hydrogen) atoms. The second kappa shape index (κ2) is 9.25. The fourth-order valence-corrected chi connectivity index (χ4v) is 4.97. The summed E-state index contributed by atoms with van der Waals surface area (Å²) in [7, 11) is 0. The molecule has 3 aromatic carbocycles. The molecule has 1 heterocycles. The molecule has 0 saturated heterocycles.